The number of amides is 1. The number of carbonyl (C=O) groups is 2. The summed E-state index contributed by atoms with van der Waals surface area (Å²) in [6, 6.07) is 0. The van der Waals surface area contributed by atoms with Gasteiger partial charge in [0.25, 0.3) is 5.91 Å². The number of carbonyl (C=O) groups excluding carboxylic acids is 1. The van der Waals surface area contributed by atoms with E-state index in [9.17, 15) is 9.59 Å². The largest absolute Gasteiger partial charge is 0.481 e. The van der Waals surface area contributed by atoms with Crippen molar-refractivity contribution in [2.24, 2.45) is 11.3 Å². The molecule has 15 heavy (non-hydrogen) atoms. The summed E-state index contributed by atoms with van der Waals surface area (Å²) in [5, 5.41) is 9.79. The fraction of sp³-hybridized carbons (Fsp3) is 0.778. The molecule has 1 aliphatic rings. The number of carboxylic acids is 1. The van der Waals surface area contributed by atoms with Crippen LogP contribution >= 0.6 is 11.6 Å². The van der Waals surface area contributed by atoms with Crippen LogP contribution in [0.25, 0.3) is 0 Å². The first kappa shape index (κ1) is 12.3. The lowest BCUT2D eigenvalue weighted by molar-refractivity contribution is -0.142. The van der Waals surface area contributed by atoms with E-state index in [2.05, 4.69) is 0 Å². The van der Waals surface area contributed by atoms with Crippen molar-refractivity contribution in [1.29, 1.82) is 0 Å². The summed E-state index contributed by atoms with van der Waals surface area (Å²) in [4.78, 5) is 27.3. The molecule has 2 atom stereocenters. The Hall–Kier alpha value is -0.810. The zero-order chi connectivity index (χ0) is 11.8. The number of hydrogen-bond donors (Lipinski definition) is 1. The minimum atomic E-state index is -0.987. The highest BCUT2D eigenvalue weighted by Crippen LogP contribution is 2.34. The van der Waals surface area contributed by atoms with Crippen LogP contribution in [0.5, 0.6) is 0 Å². The third kappa shape index (κ3) is 2.41. The van der Waals surface area contributed by atoms with E-state index in [1.54, 1.807) is 13.8 Å². The zero-order valence-corrected chi connectivity index (χ0v) is 9.61. The predicted octanol–water partition coefficient (Wildman–Crippen LogP) is 1.07. The topological polar surface area (TPSA) is 69.9 Å². The van der Waals surface area contributed by atoms with Gasteiger partial charge >= 0.3 is 5.97 Å². The van der Waals surface area contributed by atoms with Crippen molar-refractivity contribution in [1.82, 2.24) is 5.06 Å². The summed E-state index contributed by atoms with van der Waals surface area (Å²) in [6.07, 6.45) is -0.655. The molecule has 0 aromatic rings. The smallest absolute Gasteiger partial charge is 0.310 e. The van der Waals surface area contributed by atoms with E-state index in [0.29, 0.717) is 0 Å². The normalized spacial score (nSPS) is 22.4. The van der Waals surface area contributed by atoms with Crippen LogP contribution in [0.1, 0.15) is 20.8 Å². The molecule has 1 heterocycles. The fourth-order valence-electron chi connectivity index (χ4n) is 1.02. The number of aliphatic carboxylic acids is 1. The van der Waals surface area contributed by atoms with Crippen LogP contribution in [0, 0.1) is 11.3 Å². The van der Waals surface area contributed by atoms with Crippen LogP contribution in [0.3, 0.4) is 0 Å². The van der Waals surface area contributed by atoms with Crippen LogP contribution in [0.2, 0.25) is 0 Å². The lowest BCUT2D eigenvalue weighted by atomic mass is 9.95. The third-order valence-corrected chi connectivity index (χ3v) is 3.01. The van der Waals surface area contributed by atoms with Gasteiger partial charge in [-0.3, -0.25) is 9.59 Å². The maximum atomic E-state index is 11.7. The maximum Gasteiger partial charge on any atom is 0.310 e. The van der Waals surface area contributed by atoms with Gasteiger partial charge in [0.2, 0.25) is 0 Å². The van der Waals surface area contributed by atoms with Crippen molar-refractivity contribution >= 4 is 23.5 Å². The Kier molecular flexibility index (Phi) is 3.25. The number of hydroxylamine groups is 2. The molecule has 0 spiro atoms. The van der Waals surface area contributed by atoms with Crippen molar-refractivity contribution in [3.05, 3.63) is 0 Å². The molecule has 2 unspecified atom stereocenters. The van der Waals surface area contributed by atoms with E-state index >= 15 is 0 Å². The van der Waals surface area contributed by atoms with Crippen LogP contribution in [-0.4, -0.2) is 34.2 Å². The second-order valence-corrected chi connectivity index (χ2v) is 4.54. The minimum absolute atomic E-state index is 0.167. The number of nitrogens with zero attached hydrogens (tertiary/aromatic N) is 1. The second kappa shape index (κ2) is 3.98. The van der Waals surface area contributed by atoms with E-state index in [1.165, 1.54) is 6.92 Å². The summed E-state index contributed by atoms with van der Waals surface area (Å²) in [7, 11) is 0. The summed E-state index contributed by atoms with van der Waals surface area (Å²) in [5.74, 6) is -1.82. The van der Waals surface area contributed by atoms with Gasteiger partial charge in [0.05, 0.1) is 5.41 Å². The Morgan fingerprint density at radius 3 is 2.53 bits per heavy atom. The Bertz CT molecular complexity index is 292. The van der Waals surface area contributed by atoms with Gasteiger partial charge in [0.15, 0.2) is 6.23 Å². The molecule has 1 amide bonds. The molecule has 0 bridgehead atoms. The molecule has 0 aromatic carbocycles. The summed E-state index contributed by atoms with van der Waals surface area (Å²) in [6.45, 7) is 4.87. The fourth-order valence-corrected chi connectivity index (χ4v) is 1.14. The van der Waals surface area contributed by atoms with E-state index in [0.717, 1.165) is 5.06 Å². The van der Waals surface area contributed by atoms with E-state index < -0.39 is 23.5 Å². The lowest BCUT2D eigenvalue weighted by Gasteiger charge is -2.18. The third-order valence-electron chi connectivity index (χ3n) is 2.34. The number of alkyl halides is 1. The van der Waals surface area contributed by atoms with Gasteiger partial charge in [-0.2, -0.15) is 5.06 Å². The monoisotopic (exact) mass is 235 g/mol. The quantitative estimate of drug-likeness (QED) is 0.585. The summed E-state index contributed by atoms with van der Waals surface area (Å²) in [5.41, 5.74) is -0.728. The highest BCUT2D eigenvalue weighted by atomic mass is 35.5. The molecule has 6 heteroatoms. The highest BCUT2D eigenvalue weighted by molar-refractivity contribution is 6.19. The highest BCUT2D eigenvalue weighted by Gasteiger charge is 2.51. The first-order valence-corrected chi connectivity index (χ1v) is 5.14. The number of halogens is 1. The molecule has 1 aliphatic heterocycles. The number of hydrogen-bond acceptors (Lipinski definition) is 3. The molecule has 0 radical (unpaired) electrons. The van der Waals surface area contributed by atoms with Gasteiger partial charge in [0.1, 0.15) is 5.92 Å². The molecule has 1 rings (SSSR count). The van der Waals surface area contributed by atoms with Gasteiger partial charge in [-0.05, 0) is 20.8 Å². The van der Waals surface area contributed by atoms with Crippen molar-refractivity contribution in [3.8, 4) is 0 Å². The van der Waals surface area contributed by atoms with Crippen LogP contribution in [0.15, 0.2) is 0 Å². The first-order valence-electron chi connectivity index (χ1n) is 4.60. The predicted molar refractivity (Wildman–Crippen MR) is 53.0 cm³/mol. The Morgan fingerprint density at radius 1 is 1.60 bits per heavy atom. The molecule has 0 aromatic heterocycles. The van der Waals surface area contributed by atoms with Crippen molar-refractivity contribution < 1.29 is 19.5 Å². The lowest BCUT2D eigenvalue weighted by Crippen LogP contribution is -2.34. The second-order valence-electron chi connectivity index (χ2n) is 4.27. The Morgan fingerprint density at radius 2 is 2.13 bits per heavy atom. The standard InChI is InChI=1S/C9H14ClNO4/c1-5(7(12)13)6-11(15-6)8(14)9(2,3)4-10/h5-6H,4H2,1-3H3,(H,12,13). The molecule has 1 N–H and O–H groups in total. The molecular weight excluding hydrogens is 222 g/mol. The van der Waals surface area contributed by atoms with Crippen LogP contribution in [0.4, 0.5) is 0 Å². The van der Waals surface area contributed by atoms with E-state index in [-0.39, 0.29) is 11.8 Å². The SMILES string of the molecule is CC(C(=O)O)C1ON1C(=O)C(C)(C)CCl. The molecule has 0 saturated carbocycles. The van der Waals surface area contributed by atoms with E-state index in [1.807, 2.05) is 0 Å². The minimum Gasteiger partial charge on any atom is -0.481 e. The Labute approximate surface area is 92.9 Å². The molecule has 5 nitrogen and oxygen atoms in total. The zero-order valence-electron chi connectivity index (χ0n) is 8.86. The van der Waals surface area contributed by atoms with Gasteiger partial charge in [-0.15, -0.1) is 11.6 Å². The van der Waals surface area contributed by atoms with Crippen molar-refractivity contribution in [2.75, 3.05) is 5.88 Å². The Balaban J connectivity index is 2.58. The average molecular weight is 236 g/mol. The molecule has 1 saturated heterocycles. The summed E-state index contributed by atoms with van der Waals surface area (Å²) < 4.78 is 0. The molecule has 0 aliphatic carbocycles. The van der Waals surface area contributed by atoms with Gasteiger partial charge in [-0.1, -0.05) is 0 Å². The van der Waals surface area contributed by atoms with Crippen LogP contribution < -0.4 is 0 Å². The van der Waals surface area contributed by atoms with E-state index in [4.69, 9.17) is 21.5 Å². The molecule has 1 fully saturated rings. The first-order chi connectivity index (χ1) is 6.81. The van der Waals surface area contributed by atoms with Gasteiger partial charge in [-0.25, -0.2) is 4.84 Å². The maximum absolute atomic E-state index is 11.7. The molecular formula is C9H14ClNO4. The van der Waals surface area contributed by atoms with Gasteiger partial charge in [0, 0.05) is 5.88 Å². The summed E-state index contributed by atoms with van der Waals surface area (Å²) >= 11 is 5.63. The number of carboxylic acid groups (broad SMARTS) is 1. The molecule has 86 valence electrons. The van der Waals surface area contributed by atoms with Gasteiger partial charge < -0.3 is 5.11 Å². The van der Waals surface area contributed by atoms with Crippen molar-refractivity contribution in [3.63, 3.8) is 0 Å². The number of rotatable bonds is 4. The average Bonchev–Trinajstić information content (AvgIpc) is 2.94. The van der Waals surface area contributed by atoms with Crippen LogP contribution in [-0.2, 0) is 14.4 Å². The van der Waals surface area contributed by atoms with Crippen molar-refractivity contribution in [2.45, 2.75) is 27.0 Å².